The maximum atomic E-state index is 13.5. The average molecular weight is 507 g/mol. The Bertz CT molecular complexity index is 1330. The van der Waals surface area contributed by atoms with Gasteiger partial charge in [0.1, 0.15) is 5.75 Å². The first-order valence-electron chi connectivity index (χ1n) is 12.0. The molecule has 5 rings (SSSR count). The summed E-state index contributed by atoms with van der Waals surface area (Å²) in [5.74, 6) is -0.0500. The van der Waals surface area contributed by atoms with Crippen LogP contribution in [0.3, 0.4) is 0 Å². The molecule has 1 amide bonds. The van der Waals surface area contributed by atoms with Crippen molar-refractivity contribution in [2.75, 3.05) is 54.3 Å². The van der Waals surface area contributed by atoms with Gasteiger partial charge in [-0.3, -0.25) is 9.10 Å². The van der Waals surface area contributed by atoms with Gasteiger partial charge in [-0.05, 0) is 62.5 Å². The molecule has 2 aliphatic rings. The molecule has 0 aromatic heterocycles. The minimum absolute atomic E-state index is 0.127. The van der Waals surface area contributed by atoms with Crippen molar-refractivity contribution in [2.45, 2.75) is 17.9 Å². The van der Waals surface area contributed by atoms with Gasteiger partial charge < -0.3 is 19.9 Å². The molecule has 9 heteroatoms. The third-order valence-corrected chi connectivity index (χ3v) is 8.43. The van der Waals surface area contributed by atoms with E-state index < -0.39 is 22.0 Å². The summed E-state index contributed by atoms with van der Waals surface area (Å²) in [5, 5.41) is 2.89. The van der Waals surface area contributed by atoms with Crippen molar-refractivity contribution in [3.05, 3.63) is 78.4 Å². The lowest BCUT2D eigenvalue weighted by Crippen LogP contribution is -2.48. The molecule has 0 spiro atoms. The van der Waals surface area contributed by atoms with Gasteiger partial charge in [-0.1, -0.05) is 29.8 Å². The topological polar surface area (TPSA) is 82.2 Å². The second kappa shape index (κ2) is 9.83. The highest BCUT2D eigenvalue weighted by molar-refractivity contribution is 7.92. The summed E-state index contributed by atoms with van der Waals surface area (Å²) in [5.41, 5.74) is 3.12. The van der Waals surface area contributed by atoms with Crippen LogP contribution in [0.25, 0.3) is 0 Å². The number of nitrogens with one attached hydrogen (secondary N) is 1. The van der Waals surface area contributed by atoms with Crippen LogP contribution in [0.2, 0.25) is 0 Å². The first kappa shape index (κ1) is 24.1. The number of fused-ring (bicyclic) bond motifs is 1. The highest BCUT2D eigenvalue weighted by Crippen LogP contribution is 2.37. The normalized spacial score (nSPS) is 18.3. The Morgan fingerprint density at radius 2 is 1.58 bits per heavy atom. The fourth-order valence-corrected chi connectivity index (χ4v) is 5.92. The lowest BCUT2D eigenvalue weighted by molar-refractivity contribution is -0.122. The number of sulfonamides is 1. The van der Waals surface area contributed by atoms with Crippen molar-refractivity contribution in [1.82, 2.24) is 4.90 Å². The van der Waals surface area contributed by atoms with Gasteiger partial charge in [-0.2, -0.15) is 0 Å². The van der Waals surface area contributed by atoms with Crippen LogP contribution >= 0.6 is 0 Å². The number of hydrogen-bond acceptors (Lipinski definition) is 6. The van der Waals surface area contributed by atoms with Crippen LogP contribution in [0.4, 0.5) is 17.1 Å². The van der Waals surface area contributed by atoms with Gasteiger partial charge in [0.05, 0.1) is 17.1 Å². The molecule has 1 atom stereocenters. The molecule has 36 heavy (non-hydrogen) atoms. The van der Waals surface area contributed by atoms with E-state index in [9.17, 15) is 13.2 Å². The van der Waals surface area contributed by atoms with Gasteiger partial charge in [-0.25, -0.2) is 8.42 Å². The van der Waals surface area contributed by atoms with E-state index in [2.05, 4.69) is 22.2 Å². The van der Waals surface area contributed by atoms with Crippen molar-refractivity contribution in [2.24, 2.45) is 0 Å². The van der Waals surface area contributed by atoms with E-state index in [0.717, 1.165) is 37.4 Å². The summed E-state index contributed by atoms with van der Waals surface area (Å²) >= 11 is 0. The van der Waals surface area contributed by atoms with Crippen LogP contribution in [0.15, 0.2) is 77.7 Å². The van der Waals surface area contributed by atoms with E-state index in [-0.39, 0.29) is 11.4 Å². The van der Waals surface area contributed by atoms with Crippen LogP contribution in [-0.2, 0) is 14.8 Å². The van der Waals surface area contributed by atoms with Crippen molar-refractivity contribution >= 4 is 33.0 Å². The third-order valence-electron chi connectivity index (χ3n) is 6.64. The molecule has 1 saturated heterocycles. The summed E-state index contributed by atoms with van der Waals surface area (Å²) in [6.45, 7) is 5.73. The number of benzene rings is 3. The van der Waals surface area contributed by atoms with Crippen molar-refractivity contribution < 1.29 is 17.9 Å². The second-order valence-corrected chi connectivity index (χ2v) is 11.1. The number of amides is 1. The monoisotopic (exact) mass is 506 g/mol. The molecule has 1 N–H and O–H groups in total. The molecule has 2 heterocycles. The van der Waals surface area contributed by atoms with Gasteiger partial charge in [-0.15, -0.1) is 0 Å². The molecule has 188 valence electrons. The molecule has 3 aromatic carbocycles. The molecular weight excluding hydrogens is 476 g/mol. The zero-order valence-corrected chi connectivity index (χ0v) is 21.2. The van der Waals surface area contributed by atoms with Crippen molar-refractivity contribution in [1.29, 1.82) is 0 Å². The Balaban J connectivity index is 1.34. The zero-order chi connectivity index (χ0) is 25.3. The molecule has 0 bridgehead atoms. The largest absolute Gasteiger partial charge is 0.476 e. The smallest absolute Gasteiger partial charge is 0.267 e. The van der Waals surface area contributed by atoms with E-state index in [0.29, 0.717) is 17.1 Å². The number of piperazine rings is 1. The molecule has 0 radical (unpaired) electrons. The summed E-state index contributed by atoms with van der Waals surface area (Å²) < 4.78 is 34.3. The maximum absolute atomic E-state index is 13.5. The SMILES string of the molecule is Cc1ccc(S(=O)(=O)N2CC(C(=O)Nc3ccc(N4CCN(C)CC4)cc3)Oc3ccccc32)cc1. The molecule has 0 aliphatic carbocycles. The summed E-state index contributed by atoms with van der Waals surface area (Å²) in [4.78, 5) is 18.0. The second-order valence-electron chi connectivity index (χ2n) is 9.25. The van der Waals surface area contributed by atoms with Crippen LogP contribution in [0.1, 0.15) is 5.56 Å². The number of carbonyl (C=O) groups is 1. The van der Waals surface area contributed by atoms with E-state index in [1.54, 1.807) is 48.5 Å². The number of aryl methyl sites for hydroxylation is 1. The Morgan fingerprint density at radius 1 is 0.917 bits per heavy atom. The van der Waals surface area contributed by atoms with Crippen LogP contribution < -0.4 is 19.3 Å². The number of anilines is 3. The number of nitrogens with zero attached hydrogens (tertiary/aromatic N) is 3. The Morgan fingerprint density at radius 3 is 2.28 bits per heavy atom. The van der Waals surface area contributed by atoms with Gasteiger partial charge >= 0.3 is 0 Å². The zero-order valence-electron chi connectivity index (χ0n) is 20.4. The highest BCUT2D eigenvalue weighted by atomic mass is 32.2. The van der Waals surface area contributed by atoms with E-state index in [1.165, 1.54) is 4.31 Å². The number of likely N-dealkylation sites (N-methyl/N-ethyl adjacent to an activating group) is 1. The lowest BCUT2D eigenvalue weighted by atomic mass is 10.2. The molecule has 2 aliphatic heterocycles. The quantitative estimate of drug-likeness (QED) is 0.572. The lowest BCUT2D eigenvalue weighted by Gasteiger charge is -2.35. The third kappa shape index (κ3) is 4.89. The summed E-state index contributed by atoms with van der Waals surface area (Å²) in [6, 6.07) is 21.3. The first-order chi connectivity index (χ1) is 17.3. The number of carbonyl (C=O) groups excluding carboxylic acids is 1. The maximum Gasteiger partial charge on any atom is 0.267 e. The Labute approximate surface area is 212 Å². The molecule has 1 fully saturated rings. The predicted molar refractivity (Wildman–Crippen MR) is 141 cm³/mol. The van der Waals surface area contributed by atoms with Gasteiger partial charge in [0, 0.05) is 37.6 Å². The minimum Gasteiger partial charge on any atom is -0.476 e. The number of hydrogen-bond donors (Lipinski definition) is 1. The molecular formula is C27H30N4O4S. The molecule has 3 aromatic rings. The van der Waals surface area contributed by atoms with Crippen LogP contribution in [0.5, 0.6) is 5.75 Å². The van der Waals surface area contributed by atoms with Crippen LogP contribution in [-0.4, -0.2) is 65.1 Å². The molecule has 8 nitrogen and oxygen atoms in total. The number of para-hydroxylation sites is 2. The van der Waals surface area contributed by atoms with Gasteiger partial charge in [0.15, 0.2) is 6.10 Å². The standard InChI is InChI=1S/C27H30N4O4S/c1-20-7-13-23(14-8-20)36(33,34)31-19-26(35-25-6-4-3-5-24(25)31)27(32)28-21-9-11-22(12-10-21)30-17-15-29(2)16-18-30/h3-14,26H,15-19H2,1-2H3,(H,28,32). The first-order valence-corrected chi connectivity index (χ1v) is 13.4. The molecule has 0 saturated carbocycles. The van der Waals surface area contributed by atoms with E-state index in [4.69, 9.17) is 4.74 Å². The fourth-order valence-electron chi connectivity index (χ4n) is 4.45. The van der Waals surface area contributed by atoms with Gasteiger partial charge in [0.25, 0.3) is 15.9 Å². The van der Waals surface area contributed by atoms with Crippen LogP contribution in [0, 0.1) is 6.92 Å². The van der Waals surface area contributed by atoms with E-state index >= 15 is 0 Å². The number of rotatable bonds is 5. The fraction of sp³-hybridized carbons (Fsp3) is 0.296. The Kier molecular flexibility index (Phi) is 6.59. The molecule has 1 unspecified atom stereocenters. The highest BCUT2D eigenvalue weighted by Gasteiger charge is 2.37. The van der Waals surface area contributed by atoms with Crippen molar-refractivity contribution in [3.8, 4) is 5.75 Å². The predicted octanol–water partition coefficient (Wildman–Crippen LogP) is 3.34. The Hall–Kier alpha value is -3.56. The van der Waals surface area contributed by atoms with Crippen molar-refractivity contribution in [3.63, 3.8) is 0 Å². The minimum atomic E-state index is -3.89. The van der Waals surface area contributed by atoms with E-state index in [1.807, 2.05) is 31.2 Å². The number of ether oxygens (including phenoxy) is 1. The van der Waals surface area contributed by atoms with Gasteiger partial charge in [0.2, 0.25) is 0 Å². The summed E-state index contributed by atoms with van der Waals surface area (Å²) in [7, 11) is -1.77. The average Bonchev–Trinajstić information content (AvgIpc) is 2.89. The summed E-state index contributed by atoms with van der Waals surface area (Å²) in [6.07, 6.45) is -1.00.